The average molecular weight is 296 g/mol. The van der Waals surface area contributed by atoms with Gasteiger partial charge in [-0.15, -0.1) is 0 Å². The maximum Gasteiger partial charge on any atom is 0.338 e. The number of carbonyl (C=O) groups is 1. The minimum Gasteiger partial charge on any atom is -0.478 e. The lowest BCUT2D eigenvalue weighted by atomic mass is 10.1. The van der Waals surface area contributed by atoms with Crippen LogP contribution in [-0.2, 0) is 0 Å². The zero-order valence-corrected chi connectivity index (χ0v) is 11.7. The number of benzene rings is 1. The topological polar surface area (TPSA) is 83.7 Å². The van der Waals surface area contributed by atoms with Crippen molar-refractivity contribution in [1.82, 2.24) is 0 Å². The Kier molecular flexibility index (Phi) is 4.40. The molecule has 1 atom stereocenters. The highest BCUT2D eigenvalue weighted by atomic mass is 19.1. The number of nitro groups is 1. The smallest absolute Gasteiger partial charge is 0.338 e. The van der Waals surface area contributed by atoms with Gasteiger partial charge < -0.3 is 10.0 Å². The quantitative estimate of drug-likeness (QED) is 0.684. The zero-order valence-electron chi connectivity index (χ0n) is 11.7. The second-order valence-electron chi connectivity index (χ2n) is 5.27. The SMILES string of the molecule is CC1CCCCCN1c1cc(C(=O)O)c(F)cc1[N+](=O)[O-]. The summed E-state index contributed by atoms with van der Waals surface area (Å²) in [7, 11) is 0. The molecule has 2 rings (SSSR count). The summed E-state index contributed by atoms with van der Waals surface area (Å²) in [5, 5.41) is 20.2. The van der Waals surface area contributed by atoms with Gasteiger partial charge in [0.05, 0.1) is 16.6 Å². The lowest BCUT2D eigenvalue weighted by Crippen LogP contribution is -2.33. The van der Waals surface area contributed by atoms with E-state index in [0.717, 1.165) is 31.7 Å². The molecule has 21 heavy (non-hydrogen) atoms. The second kappa shape index (κ2) is 6.07. The fraction of sp³-hybridized carbons (Fsp3) is 0.500. The third-order valence-electron chi connectivity index (χ3n) is 3.85. The number of rotatable bonds is 3. The molecule has 1 heterocycles. The summed E-state index contributed by atoms with van der Waals surface area (Å²) in [4.78, 5) is 23.4. The van der Waals surface area contributed by atoms with Gasteiger partial charge in [-0.25, -0.2) is 9.18 Å². The molecule has 0 saturated carbocycles. The van der Waals surface area contributed by atoms with Gasteiger partial charge in [0.15, 0.2) is 0 Å². The summed E-state index contributed by atoms with van der Waals surface area (Å²) < 4.78 is 13.7. The third kappa shape index (κ3) is 3.12. The Morgan fingerprint density at radius 3 is 2.76 bits per heavy atom. The number of anilines is 1. The Hall–Kier alpha value is -2.18. The Balaban J connectivity index is 2.55. The molecule has 0 aromatic heterocycles. The number of hydrogen-bond donors (Lipinski definition) is 1. The molecule has 0 radical (unpaired) electrons. The summed E-state index contributed by atoms with van der Waals surface area (Å²) in [6, 6.07) is 1.84. The molecule has 1 aliphatic heterocycles. The van der Waals surface area contributed by atoms with Crippen molar-refractivity contribution in [2.24, 2.45) is 0 Å². The third-order valence-corrected chi connectivity index (χ3v) is 3.85. The maximum absolute atomic E-state index is 13.7. The number of nitro benzene ring substituents is 1. The minimum atomic E-state index is -1.42. The first-order chi connectivity index (χ1) is 9.91. The van der Waals surface area contributed by atoms with E-state index >= 15 is 0 Å². The standard InChI is InChI=1S/C14H17FN2O4/c1-9-5-3-2-4-6-16(9)12-7-10(14(18)19)11(15)8-13(12)17(20)21/h7-9H,2-6H2,1H3,(H,18,19). The van der Waals surface area contributed by atoms with Crippen molar-refractivity contribution >= 4 is 17.3 Å². The molecular weight excluding hydrogens is 279 g/mol. The molecule has 0 bridgehead atoms. The highest BCUT2D eigenvalue weighted by molar-refractivity contribution is 5.90. The van der Waals surface area contributed by atoms with E-state index in [2.05, 4.69) is 0 Å². The molecule has 0 amide bonds. The van der Waals surface area contributed by atoms with Gasteiger partial charge in [-0.2, -0.15) is 0 Å². The fourth-order valence-electron chi connectivity index (χ4n) is 2.72. The van der Waals surface area contributed by atoms with E-state index in [1.807, 2.05) is 11.8 Å². The molecule has 1 fully saturated rings. The van der Waals surface area contributed by atoms with Crippen LogP contribution in [0.15, 0.2) is 12.1 Å². The lowest BCUT2D eigenvalue weighted by Gasteiger charge is -2.29. The van der Waals surface area contributed by atoms with Crippen LogP contribution in [0.4, 0.5) is 15.8 Å². The average Bonchev–Trinajstić information content (AvgIpc) is 2.62. The molecule has 0 aliphatic carbocycles. The zero-order chi connectivity index (χ0) is 15.6. The summed E-state index contributed by atoms with van der Waals surface area (Å²) in [6.45, 7) is 2.55. The largest absolute Gasteiger partial charge is 0.478 e. The first-order valence-electron chi connectivity index (χ1n) is 6.89. The van der Waals surface area contributed by atoms with Crippen LogP contribution >= 0.6 is 0 Å². The Morgan fingerprint density at radius 2 is 2.14 bits per heavy atom. The Bertz CT molecular complexity index is 576. The van der Waals surface area contributed by atoms with E-state index in [-0.39, 0.29) is 17.4 Å². The number of aromatic carboxylic acids is 1. The van der Waals surface area contributed by atoms with Crippen molar-refractivity contribution in [3.63, 3.8) is 0 Å². The minimum absolute atomic E-state index is 0.0540. The van der Waals surface area contributed by atoms with Crippen LogP contribution in [0.1, 0.15) is 43.0 Å². The van der Waals surface area contributed by atoms with Crippen molar-refractivity contribution in [3.8, 4) is 0 Å². The summed E-state index contributed by atoms with van der Waals surface area (Å²) in [6.07, 6.45) is 3.80. The van der Waals surface area contributed by atoms with E-state index in [9.17, 15) is 19.3 Å². The highest BCUT2D eigenvalue weighted by Crippen LogP contribution is 2.34. The normalized spacial score (nSPS) is 19.1. The van der Waals surface area contributed by atoms with Crippen LogP contribution in [0.3, 0.4) is 0 Å². The number of halogens is 1. The van der Waals surface area contributed by atoms with Crippen molar-refractivity contribution in [3.05, 3.63) is 33.6 Å². The Morgan fingerprint density at radius 1 is 1.43 bits per heavy atom. The van der Waals surface area contributed by atoms with Crippen molar-refractivity contribution in [2.75, 3.05) is 11.4 Å². The van der Waals surface area contributed by atoms with E-state index in [1.54, 1.807) is 0 Å². The molecular formula is C14H17FN2O4. The molecule has 0 spiro atoms. The molecule has 1 unspecified atom stereocenters. The van der Waals surface area contributed by atoms with Gasteiger partial charge in [0, 0.05) is 12.6 Å². The van der Waals surface area contributed by atoms with Crippen LogP contribution in [-0.4, -0.2) is 28.6 Å². The monoisotopic (exact) mass is 296 g/mol. The van der Waals surface area contributed by atoms with Gasteiger partial charge in [0.2, 0.25) is 0 Å². The predicted molar refractivity (Wildman–Crippen MR) is 75.3 cm³/mol. The molecule has 1 N–H and O–H groups in total. The summed E-state index contributed by atoms with van der Waals surface area (Å²) in [5.41, 5.74) is -0.730. The molecule has 1 aliphatic rings. The van der Waals surface area contributed by atoms with Crippen molar-refractivity contribution in [1.29, 1.82) is 0 Å². The van der Waals surface area contributed by atoms with Gasteiger partial charge in [-0.3, -0.25) is 10.1 Å². The van der Waals surface area contributed by atoms with Crippen LogP contribution in [0, 0.1) is 15.9 Å². The van der Waals surface area contributed by atoms with Crippen LogP contribution < -0.4 is 4.90 Å². The number of nitrogens with zero attached hydrogens (tertiary/aromatic N) is 2. The maximum atomic E-state index is 13.7. The predicted octanol–water partition coefficient (Wildman–Crippen LogP) is 3.20. The van der Waals surface area contributed by atoms with E-state index in [0.29, 0.717) is 12.6 Å². The lowest BCUT2D eigenvalue weighted by molar-refractivity contribution is -0.384. The number of hydrogen-bond acceptors (Lipinski definition) is 4. The summed E-state index contributed by atoms with van der Waals surface area (Å²) >= 11 is 0. The first-order valence-corrected chi connectivity index (χ1v) is 6.89. The number of carboxylic acids is 1. The molecule has 1 saturated heterocycles. The van der Waals surface area contributed by atoms with Gasteiger partial charge >= 0.3 is 5.97 Å². The van der Waals surface area contributed by atoms with E-state index in [1.165, 1.54) is 0 Å². The van der Waals surface area contributed by atoms with Crippen molar-refractivity contribution in [2.45, 2.75) is 38.6 Å². The van der Waals surface area contributed by atoms with E-state index < -0.39 is 22.3 Å². The van der Waals surface area contributed by atoms with Gasteiger partial charge in [0.1, 0.15) is 11.5 Å². The molecule has 114 valence electrons. The second-order valence-corrected chi connectivity index (χ2v) is 5.27. The van der Waals surface area contributed by atoms with Crippen LogP contribution in [0.2, 0.25) is 0 Å². The Labute approximate surface area is 121 Å². The molecule has 1 aromatic rings. The van der Waals surface area contributed by atoms with Crippen molar-refractivity contribution < 1.29 is 19.2 Å². The van der Waals surface area contributed by atoms with Gasteiger partial charge in [-0.05, 0) is 25.8 Å². The van der Waals surface area contributed by atoms with Gasteiger partial charge in [-0.1, -0.05) is 12.8 Å². The molecule has 7 heteroatoms. The van der Waals surface area contributed by atoms with Crippen LogP contribution in [0.5, 0.6) is 0 Å². The van der Waals surface area contributed by atoms with Crippen LogP contribution in [0.25, 0.3) is 0 Å². The molecule has 1 aromatic carbocycles. The number of carboxylic acid groups (broad SMARTS) is 1. The first kappa shape index (κ1) is 15.2. The molecule has 6 nitrogen and oxygen atoms in total. The highest BCUT2D eigenvalue weighted by Gasteiger charge is 2.28. The fourth-order valence-corrected chi connectivity index (χ4v) is 2.72. The van der Waals surface area contributed by atoms with Gasteiger partial charge in [0.25, 0.3) is 5.69 Å². The summed E-state index contributed by atoms with van der Waals surface area (Å²) in [5.74, 6) is -2.51. The van der Waals surface area contributed by atoms with E-state index in [4.69, 9.17) is 5.11 Å².